The normalized spacial score (nSPS) is 17.3. The Balaban J connectivity index is 1.54. The summed E-state index contributed by atoms with van der Waals surface area (Å²) >= 11 is 0. The van der Waals surface area contributed by atoms with Gasteiger partial charge in [-0.25, -0.2) is 9.97 Å². The number of carbonyl (C=O) groups is 1. The van der Waals surface area contributed by atoms with Crippen molar-refractivity contribution in [1.82, 2.24) is 29.6 Å². The summed E-state index contributed by atoms with van der Waals surface area (Å²) in [6, 6.07) is 9.24. The topological polar surface area (TPSA) is 86.0 Å². The van der Waals surface area contributed by atoms with Crippen LogP contribution in [0.4, 0.5) is 0 Å². The van der Waals surface area contributed by atoms with Crippen LogP contribution >= 0.6 is 0 Å². The molecule has 26 heavy (non-hydrogen) atoms. The molecule has 0 radical (unpaired) electrons. The molecule has 1 saturated heterocycles. The molecule has 0 unspecified atom stereocenters. The number of amides is 1. The molecule has 0 aliphatic carbocycles. The van der Waals surface area contributed by atoms with Crippen LogP contribution < -0.4 is 0 Å². The smallest absolute Gasteiger partial charge is 0.254 e. The van der Waals surface area contributed by atoms with E-state index in [9.17, 15) is 4.79 Å². The first kappa shape index (κ1) is 16.3. The zero-order valence-corrected chi connectivity index (χ0v) is 14.3. The number of morpholine rings is 1. The van der Waals surface area contributed by atoms with E-state index in [0.29, 0.717) is 31.1 Å². The number of ether oxygens (including phenoxy) is 1. The van der Waals surface area contributed by atoms with E-state index in [-0.39, 0.29) is 12.0 Å². The van der Waals surface area contributed by atoms with Gasteiger partial charge in [0.25, 0.3) is 5.91 Å². The Morgan fingerprint density at radius 2 is 2.08 bits per heavy atom. The summed E-state index contributed by atoms with van der Waals surface area (Å²) < 4.78 is 7.54. The lowest BCUT2D eigenvalue weighted by Gasteiger charge is -2.32. The fourth-order valence-electron chi connectivity index (χ4n) is 2.93. The minimum atomic E-state index is -0.311. The summed E-state index contributed by atoms with van der Waals surface area (Å²) in [7, 11) is 0. The van der Waals surface area contributed by atoms with Crippen molar-refractivity contribution < 1.29 is 9.53 Å². The van der Waals surface area contributed by atoms with Gasteiger partial charge in [-0.15, -0.1) is 10.2 Å². The highest BCUT2D eigenvalue weighted by Gasteiger charge is 2.28. The lowest BCUT2D eigenvalue weighted by molar-refractivity contribution is -0.0268. The molecule has 0 saturated carbocycles. The van der Waals surface area contributed by atoms with Crippen LogP contribution in [0.3, 0.4) is 0 Å². The van der Waals surface area contributed by atoms with Crippen molar-refractivity contribution in [3.8, 4) is 5.69 Å². The highest BCUT2D eigenvalue weighted by Crippen LogP contribution is 2.21. The molecule has 1 aromatic carbocycles. The minimum Gasteiger partial charge on any atom is -0.367 e. The minimum absolute atomic E-state index is 0.0409. The molecule has 1 aliphatic rings. The highest BCUT2D eigenvalue weighted by molar-refractivity contribution is 5.94. The third-order valence-electron chi connectivity index (χ3n) is 4.27. The molecule has 3 aromatic rings. The maximum Gasteiger partial charge on any atom is 0.254 e. The molecule has 3 heterocycles. The fourth-order valence-corrected chi connectivity index (χ4v) is 2.93. The maximum absolute atomic E-state index is 13.0. The first-order chi connectivity index (χ1) is 12.7. The van der Waals surface area contributed by atoms with Gasteiger partial charge in [0.05, 0.1) is 13.2 Å². The van der Waals surface area contributed by atoms with E-state index < -0.39 is 0 Å². The number of benzene rings is 1. The summed E-state index contributed by atoms with van der Waals surface area (Å²) in [6.07, 6.45) is 4.60. The summed E-state index contributed by atoms with van der Waals surface area (Å²) in [5.74, 6) is 0.571. The molecule has 8 nitrogen and oxygen atoms in total. The molecule has 132 valence electrons. The second-order valence-corrected chi connectivity index (χ2v) is 6.09. The SMILES string of the molecule is Cc1ccnc([C@@H]2CN(C(=O)c3cccc(-n4cnnc4)c3)CCO2)n1. The second kappa shape index (κ2) is 7.01. The monoisotopic (exact) mass is 350 g/mol. The summed E-state index contributed by atoms with van der Waals surface area (Å²) in [5, 5.41) is 7.60. The van der Waals surface area contributed by atoms with E-state index in [2.05, 4.69) is 20.2 Å². The number of aryl methyl sites for hydroxylation is 1. The van der Waals surface area contributed by atoms with Crippen molar-refractivity contribution in [1.29, 1.82) is 0 Å². The van der Waals surface area contributed by atoms with Crippen LogP contribution in [0.5, 0.6) is 0 Å². The van der Waals surface area contributed by atoms with Gasteiger partial charge in [0.15, 0.2) is 5.82 Å². The standard InChI is InChI=1S/C18H18N6O2/c1-13-5-6-19-17(22-13)16-10-23(7-8-26-16)18(25)14-3-2-4-15(9-14)24-11-20-21-12-24/h2-6,9,11-12,16H,7-8,10H2,1H3/t16-/m0/s1. The van der Waals surface area contributed by atoms with Gasteiger partial charge in [-0.3, -0.25) is 9.36 Å². The Kier molecular flexibility index (Phi) is 4.40. The van der Waals surface area contributed by atoms with Crippen molar-refractivity contribution in [3.63, 3.8) is 0 Å². The van der Waals surface area contributed by atoms with E-state index in [0.717, 1.165) is 11.4 Å². The average Bonchev–Trinajstić information content (AvgIpc) is 3.22. The zero-order valence-electron chi connectivity index (χ0n) is 14.3. The number of nitrogens with zero attached hydrogens (tertiary/aromatic N) is 6. The van der Waals surface area contributed by atoms with Crippen LogP contribution in [0, 0.1) is 6.92 Å². The van der Waals surface area contributed by atoms with Gasteiger partial charge in [-0.05, 0) is 31.2 Å². The van der Waals surface area contributed by atoms with Crippen molar-refractivity contribution >= 4 is 5.91 Å². The number of carbonyl (C=O) groups excluding carboxylic acids is 1. The van der Waals surface area contributed by atoms with Crippen LogP contribution in [0.25, 0.3) is 5.69 Å². The van der Waals surface area contributed by atoms with Crippen LogP contribution in [0.2, 0.25) is 0 Å². The van der Waals surface area contributed by atoms with Crippen molar-refractivity contribution in [2.75, 3.05) is 19.7 Å². The molecule has 0 bridgehead atoms. The van der Waals surface area contributed by atoms with Gasteiger partial charge >= 0.3 is 0 Å². The molecular weight excluding hydrogens is 332 g/mol. The number of aromatic nitrogens is 5. The molecule has 4 rings (SSSR count). The first-order valence-electron chi connectivity index (χ1n) is 8.36. The molecule has 2 aromatic heterocycles. The van der Waals surface area contributed by atoms with Gasteiger partial charge < -0.3 is 9.64 Å². The third-order valence-corrected chi connectivity index (χ3v) is 4.27. The fraction of sp³-hybridized carbons (Fsp3) is 0.278. The molecular formula is C18H18N6O2. The Labute approximate surface area is 150 Å². The summed E-state index contributed by atoms with van der Waals surface area (Å²) in [4.78, 5) is 23.4. The van der Waals surface area contributed by atoms with Crippen LogP contribution in [0.1, 0.15) is 28.0 Å². The Morgan fingerprint density at radius 3 is 2.88 bits per heavy atom. The molecule has 1 aliphatic heterocycles. The predicted octanol–water partition coefficient (Wildman–Crippen LogP) is 1.58. The van der Waals surface area contributed by atoms with Gasteiger partial charge in [0.2, 0.25) is 0 Å². The van der Waals surface area contributed by atoms with Crippen molar-refractivity contribution in [2.45, 2.75) is 13.0 Å². The average molecular weight is 350 g/mol. The van der Waals surface area contributed by atoms with Gasteiger partial charge in [0.1, 0.15) is 18.8 Å². The Bertz CT molecular complexity index is 912. The number of rotatable bonds is 3. The number of hydrogen-bond acceptors (Lipinski definition) is 6. The van der Waals surface area contributed by atoms with Crippen LogP contribution in [-0.2, 0) is 4.74 Å². The molecule has 8 heteroatoms. The highest BCUT2D eigenvalue weighted by atomic mass is 16.5. The van der Waals surface area contributed by atoms with E-state index in [4.69, 9.17) is 4.74 Å². The molecule has 1 amide bonds. The maximum atomic E-state index is 13.0. The van der Waals surface area contributed by atoms with E-state index in [1.807, 2.05) is 37.3 Å². The number of hydrogen-bond donors (Lipinski definition) is 0. The first-order valence-corrected chi connectivity index (χ1v) is 8.36. The molecule has 0 spiro atoms. The van der Waals surface area contributed by atoms with E-state index in [1.165, 1.54) is 0 Å². The largest absolute Gasteiger partial charge is 0.367 e. The molecule has 1 atom stereocenters. The van der Waals surface area contributed by atoms with Gasteiger partial charge in [-0.2, -0.15) is 0 Å². The third kappa shape index (κ3) is 3.31. The molecule has 1 fully saturated rings. The lowest BCUT2D eigenvalue weighted by atomic mass is 10.1. The lowest BCUT2D eigenvalue weighted by Crippen LogP contribution is -2.42. The second-order valence-electron chi connectivity index (χ2n) is 6.09. The molecule has 0 N–H and O–H groups in total. The predicted molar refractivity (Wildman–Crippen MR) is 92.7 cm³/mol. The van der Waals surface area contributed by atoms with Crippen LogP contribution in [-0.4, -0.2) is 55.2 Å². The van der Waals surface area contributed by atoms with E-state index >= 15 is 0 Å². The summed E-state index contributed by atoms with van der Waals surface area (Å²) in [5.41, 5.74) is 2.33. The zero-order chi connectivity index (χ0) is 17.9. The summed E-state index contributed by atoms with van der Waals surface area (Å²) in [6.45, 7) is 3.34. The Morgan fingerprint density at radius 1 is 1.23 bits per heavy atom. The van der Waals surface area contributed by atoms with Crippen molar-refractivity contribution in [3.05, 3.63) is 66.3 Å². The van der Waals surface area contributed by atoms with Gasteiger partial charge in [-0.1, -0.05) is 6.07 Å². The van der Waals surface area contributed by atoms with Crippen molar-refractivity contribution in [2.24, 2.45) is 0 Å². The van der Waals surface area contributed by atoms with E-state index in [1.54, 1.807) is 28.3 Å². The quantitative estimate of drug-likeness (QED) is 0.713. The van der Waals surface area contributed by atoms with Gasteiger partial charge in [0, 0.05) is 29.7 Å². The van der Waals surface area contributed by atoms with Crippen LogP contribution in [0.15, 0.2) is 49.2 Å². The Hall–Kier alpha value is -3.13.